The average Bonchev–Trinajstić information content (AvgIpc) is 2.86. The second-order valence-corrected chi connectivity index (χ2v) is 11.5. The van der Waals surface area contributed by atoms with Crippen LogP contribution in [-0.2, 0) is 26.7 Å². The van der Waals surface area contributed by atoms with Gasteiger partial charge >= 0.3 is 0 Å². The molecule has 0 amide bonds. The Morgan fingerprint density at radius 3 is 2.49 bits per heavy atom. The molecule has 0 unspecified atom stereocenters. The van der Waals surface area contributed by atoms with E-state index in [1.807, 2.05) is 0 Å². The van der Waals surface area contributed by atoms with Crippen LogP contribution in [0.3, 0.4) is 0 Å². The summed E-state index contributed by atoms with van der Waals surface area (Å²) in [6, 6.07) is 8.25. The minimum atomic E-state index is -4.61. The highest BCUT2D eigenvalue weighted by Crippen LogP contribution is 2.39. The minimum absolute atomic E-state index is 0.0100. The molecule has 0 radical (unpaired) electrons. The van der Waals surface area contributed by atoms with Crippen LogP contribution >= 0.6 is 0 Å². The molecule has 0 bridgehead atoms. The van der Waals surface area contributed by atoms with E-state index in [2.05, 4.69) is 9.97 Å². The van der Waals surface area contributed by atoms with Gasteiger partial charge in [0.15, 0.2) is 0 Å². The third kappa shape index (κ3) is 5.76. The van der Waals surface area contributed by atoms with Crippen LogP contribution < -0.4 is 18.5 Å². The van der Waals surface area contributed by atoms with E-state index in [0.29, 0.717) is 17.1 Å². The number of sulfonamides is 1. The fraction of sp³-hybridized carbons (Fsp3) is 0.304. The number of halogens is 1. The second kappa shape index (κ2) is 10.5. The number of aromatic nitrogens is 2. The fourth-order valence-corrected chi connectivity index (χ4v) is 6.30. The van der Waals surface area contributed by atoms with Crippen molar-refractivity contribution in [2.45, 2.75) is 23.8 Å². The van der Waals surface area contributed by atoms with E-state index in [-0.39, 0.29) is 36.8 Å². The van der Waals surface area contributed by atoms with E-state index in [4.69, 9.17) is 14.2 Å². The summed E-state index contributed by atoms with van der Waals surface area (Å²) >= 11 is 0. The molecule has 0 fully saturated rings. The highest BCUT2D eigenvalue weighted by atomic mass is 32.2. The first-order valence-electron chi connectivity index (χ1n) is 11.0. The summed E-state index contributed by atoms with van der Waals surface area (Å²) in [5.74, 6) is -1.90. The molecule has 1 aliphatic rings. The van der Waals surface area contributed by atoms with Gasteiger partial charge in [-0.25, -0.2) is 27.1 Å². The summed E-state index contributed by atoms with van der Waals surface area (Å²) < 4.78 is 92.1. The molecule has 0 saturated heterocycles. The first-order valence-corrected chi connectivity index (χ1v) is 14.0. The summed E-state index contributed by atoms with van der Waals surface area (Å²) in [4.78, 5) is 7.39. The smallest absolute Gasteiger partial charge is 0.270 e. The molecule has 4 rings (SSSR count). The molecule has 0 saturated carbocycles. The Balaban J connectivity index is 1.80. The van der Waals surface area contributed by atoms with Crippen LogP contribution in [0.25, 0.3) is 0 Å². The molecule has 3 aromatic rings. The average molecular weight is 554 g/mol. The van der Waals surface area contributed by atoms with Gasteiger partial charge in [-0.1, -0.05) is 0 Å². The maximum atomic E-state index is 15.4. The third-order valence-corrected chi connectivity index (χ3v) is 8.36. The molecule has 0 aliphatic carbocycles. The van der Waals surface area contributed by atoms with Gasteiger partial charge in [0.05, 0.1) is 33.1 Å². The Morgan fingerprint density at radius 2 is 1.84 bits per heavy atom. The van der Waals surface area contributed by atoms with Gasteiger partial charge < -0.3 is 14.2 Å². The van der Waals surface area contributed by atoms with Gasteiger partial charge in [-0.05, 0) is 30.7 Å². The molecule has 37 heavy (non-hydrogen) atoms. The number of ether oxygens (including phenoxy) is 3. The first kappa shape index (κ1) is 26.6. The fourth-order valence-electron chi connectivity index (χ4n) is 4.02. The summed E-state index contributed by atoms with van der Waals surface area (Å²) in [5.41, 5.74) is 0.585. The predicted octanol–water partition coefficient (Wildman–Crippen LogP) is 2.78. The van der Waals surface area contributed by atoms with E-state index in [9.17, 15) is 21.4 Å². The molecule has 1 aromatic heterocycles. The molecule has 2 heterocycles. The normalized spacial score (nSPS) is 15.4. The van der Waals surface area contributed by atoms with Crippen molar-refractivity contribution in [1.29, 1.82) is 0 Å². The number of hydrogen-bond donors (Lipinski definition) is 1. The van der Waals surface area contributed by atoms with Crippen molar-refractivity contribution in [2.75, 3.05) is 30.9 Å². The van der Waals surface area contributed by atoms with Crippen LogP contribution in [0.1, 0.15) is 23.5 Å². The molecular formula is C23H24FN3O8S2. The SMILES string of the molecule is COc1ccc(CN(c2ncccn2)S(=O)(=O)c2cc3c(cc2F)[C@H](CS(=O)(=O)O)CCO3)c(OC)c1. The molecule has 198 valence electrons. The Kier molecular flexibility index (Phi) is 7.52. The number of fused-ring (bicyclic) bond motifs is 1. The molecule has 14 heteroatoms. The number of anilines is 1. The Morgan fingerprint density at radius 1 is 1.11 bits per heavy atom. The van der Waals surface area contributed by atoms with Gasteiger partial charge in [0.25, 0.3) is 20.1 Å². The van der Waals surface area contributed by atoms with E-state index >= 15 is 4.39 Å². The highest BCUT2D eigenvalue weighted by molar-refractivity contribution is 7.92. The van der Waals surface area contributed by atoms with Crippen molar-refractivity contribution in [3.8, 4) is 17.2 Å². The van der Waals surface area contributed by atoms with Crippen LogP contribution in [-0.4, -0.2) is 57.9 Å². The van der Waals surface area contributed by atoms with Crippen molar-refractivity contribution >= 4 is 26.1 Å². The maximum Gasteiger partial charge on any atom is 0.270 e. The third-order valence-electron chi connectivity index (χ3n) is 5.79. The number of benzene rings is 2. The van der Waals surface area contributed by atoms with E-state index in [0.717, 1.165) is 16.4 Å². The van der Waals surface area contributed by atoms with E-state index in [1.165, 1.54) is 32.7 Å². The summed E-state index contributed by atoms with van der Waals surface area (Å²) in [7, 11) is -6.07. The van der Waals surface area contributed by atoms with Gasteiger partial charge in [0, 0.05) is 41.6 Å². The quantitative estimate of drug-likeness (QED) is 0.393. The largest absolute Gasteiger partial charge is 0.497 e. The standard InChI is InChI=1S/C23H24FN3O8S2/c1-33-17-5-4-15(20(10-17)34-2)13-27(23-25-7-3-8-26-23)37(31,32)22-12-21-18(11-19(22)24)16(6-9-35-21)14-36(28,29)30/h3-5,7-8,10-12,16H,6,9,13-14H2,1-2H3,(H,28,29,30)/t16-/m0/s1. The molecule has 1 N–H and O–H groups in total. The van der Waals surface area contributed by atoms with Gasteiger partial charge in [0.2, 0.25) is 5.95 Å². The molecule has 0 spiro atoms. The van der Waals surface area contributed by atoms with Crippen LogP contribution in [0.5, 0.6) is 17.2 Å². The monoisotopic (exact) mass is 553 g/mol. The Labute approximate surface area is 213 Å². The Bertz CT molecular complexity index is 1500. The van der Waals surface area contributed by atoms with Crippen molar-refractivity contribution in [2.24, 2.45) is 0 Å². The van der Waals surface area contributed by atoms with Gasteiger partial charge in [-0.15, -0.1) is 0 Å². The number of rotatable bonds is 9. The molecule has 11 nitrogen and oxygen atoms in total. The van der Waals surface area contributed by atoms with Crippen LogP contribution in [0, 0.1) is 5.82 Å². The van der Waals surface area contributed by atoms with Crippen molar-refractivity contribution < 1.29 is 40.0 Å². The lowest BCUT2D eigenvalue weighted by molar-refractivity contribution is 0.269. The topological polar surface area (TPSA) is 145 Å². The van der Waals surface area contributed by atoms with Crippen molar-refractivity contribution in [3.63, 3.8) is 0 Å². The maximum absolute atomic E-state index is 15.4. The number of methoxy groups -OCH3 is 2. The summed E-state index contributed by atoms with van der Waals surface area (Å²) in [5, 5.41) is 0. The van der Waals surface area contributed by atoms with Crippen molar-refractivity contribution in [1.82, 2.24) is 9.97 Å². The van der Waals surface area contributed by atoms with Crippen LogP contribution in [0.4, 0.5) is 10.3 Å². The number of nitrogens with zero attached hydrogens (tertiary/aromatic N) is 3. The van der Waals surface area contributed by atoms with E-state index in [1.54, 1.807) is 18.2 Å². The van der Waals surface area contributed by atoms with Gasteiger partial charge in [-0.2, -0.15) is 8.42 Å². The summed E-state index contributed by atoms with van der Waals surface area (Å²) in [6.45, 7) is -0.241. The minimum Gasteiger partial charge on any atom is -0.497 e. The van der Waals surface area contributed by atoms with Crippen LogP contribution in [0.2, 0.25) is 0 Å². The lowest BCUT2D eigenvalue weighted by Crippen LogP contribution is -2.33. The molecular weight excluding hydrogens is 529 g/mol. The zero-order valence-corrected chi connectivity index (χ0v) is 21.5. The lowest BCUT2D eigenvalue weighted by Gasteiger charge is -2.27. The first-order chi connectivity index (χ1) is 17.5. The zero-order chi connectivity index (χ0) is 26.8. The second-order valence-electron chi connectivity index (χ2n) is 8.14. The molecule has 1 atom stereocenters. The Hall–Kier alpha value is -3.49. The number of hydrogen-bond acceptors (Lipinski definition) is 9. The lowest BCUT2D eigenvalue weighted by atomic mass is 9.95. The molecule has 2 aromatic carbocycles. The predicted molar refractivity (Wildman–Crippen MR) is 131 cm³/mol. The summed E-state index contributed by atoms with van der Waals surface area (Å²) in [6.07, 6.45) is 2.91. The van der Waals surface area contributed by atoms with Crippen LogP contribution in [0.15, 0.2) is 53.7 Å². The highest BCUT2D eigenvalue weighted by Gasteiger charge is 2.34. The van der Waals surface area contributed by atoms with Gasteiger partial charge in [-0.3, -0.25) is 4.55 Å². The van der Waals surface area contributed by atoms with Gasteiger partial charge in [0.1, 0.15) is 28.0 Å². The van der Waals surface area contributed by atoms with Crippen molar-refractivity contribution in [3.05, 3.63) is 65.7 Å². The molecule has 1 aliphatic heterocycles. The zero-order valence-electron chi connectivity index (χ0n) is 19.9. The van der Waals surface area contributed by atoms with E-state index < -0.39 is 42.5 Å².